The Morgan fingerprint density at radius 3 is 2.24 bits per heavy atom. The molecule has 2 aromatic rings. The summed E-state index contributed by atoms with van der Waals surface area (Å²) in [5.74, 6) is -0.361. The van der Waals surface area contributed by atoms with Crippen molar-refractivity contribution in [3.05, 3.63) is 53.8 Å². The fourth-order valence-corrected chi connectivity index (χ4v) is 1.86. The van der Waals surface area contributed by atoms with Crippen LogP contribution in [0.5, 0.6) is 0 Å². The third-order valence-electron chi connectivity index (χ3n) is 2.83. The van der Waals surface area contributed by atoms with Crippen molar-refractivity contribution in [3.8, 4) is 11.1 Å². The molecular formula is C15H16FN. The fourth-order valence-electron chi connectivity index (χ4n) is 1.86. The molecular weight excluding hydrogens is 213 g/mol. The van der Waals surface area contributed by atoms with E-state index in [1.54, 1.807) is 6.07 Å². The normalized spacial score (nSPS) is 10.5. The smallest absolute Gasteiger partial charge is 0.146 e. The van der Waals surface area contributed by atoms with Crippen LogP contribution in [0.3, 0.4) is 0 Å². The first-order valence-electron chi connectivity index (χ1n) is 5.85. The maximum Gasteiger partial charge on any atom is 0.146 e. The molecule has 1 nitrogen and oxygen atoms in total. The summed E-state index contributed by atoms with van der Waals surface area (Å²) >= 11 is 0. The molecule has 0 fully saturated rings. The summed E-state index contributed by atoms with van der Waals surface area (Å²) in [7, 11) is 0. The van der Waals surface area contributed by atoms with E-state index in [0.717, 1.165) is 24.0 Å². The van der Waals surface area contributed by atoms with Gasteiger partial charge in [0.2, 0.25) is 0 Å². The van der Waals surface area contributed by atoms with Gasteiger partial charge in [-0.25, -0.2) is 4.39 Å². The second-order valence-corrected chi connectivity index (χ2v) is 4.18. The molecule has 0 radical (unpaired) electrons. The molecule has 0 heterocycles. The second-order valence-electron chi connectivity index (χ2n) is 4.18. The summed E-state index contributed by atoms with van der Waals surface area (Å²) in [6, 6.07) is 13.1. The van der Waals surface area contributed by atoms with E-state index in [1.165, 1.54) is 11.6 Å². The quantitative estimate of drug-likeness (QED) is 0.790. The number of nitrogens with two attached hydrogens (primary N) is 1. The summed E-state index contributed by atoms with van der Waals surface area (Å²) in [4.78, 5) is 0. The van der Waals surface area contributed by atoms with Crippen molar-refractivity contribution in [2.45, 2.75) is 19.8 Å². The number of nitrogen functional groups attached to an aromatic ring is 1. The summed E-state index contributed by atoms with van der Waals surface area (Å²) < 4.78 is 13.3. The van der Waals surface area contributed by atoms with Gasteiger partial charge >= 0.3 is 0 Å². The topological polar surface area (TPSA) is 26.0 Å². The monoisotopic (exact) mass is 229 g/mol. The highest BCUT2D eigenvalue weighted by Crippen LogP contribution is 2.23. The molecule has 0 atom stereocenters. The van der Waals surface area contributed by atoms with E-state index >= 15 is 0 Å². The lowest BCUT2D eigenvalue weighted by atomic mass is 10.0. The lowest BCUT2D eigenvalue weighted by Gasteiger charge is -2.05. The van der Waals surface area contributed by atoms with Crippen LogP contribution >= 0.6 is 0 Å². The first kappa shape index (κ1) is 11.6. The molecule has 17 heavy (non-hydrogen) atoms. The predicted molar refractivity (Wildman–Crippen MR) is 70.2 cm³/mol. The van der Waals surface area contributed by atoms with Crippen LogP contribution in [-0.4, -0.2) is 0 Å². The molecule has 0 aromatic heterocycles. The van der Waals surface area contributed by atoms with Gasteiger partial charge in [0, 0.05) is 0 Å². The van der Waals surface area contributed by atoms with Crippen molar-refractivity contribution < 1.29 is 4.39 Å². The van der Waals surface area contributed by atoms with Gasteiger partial charge in [0.05, 0.1) is 5.69 Å². The molecule has 2 aromatic carbocycles. The Kier molecular flexibility index (Phi) is 3.43. The minimum atomic E-state index is -0.361. The summed E-state index contributed by atoms with van der Waals surface area (Å²) in [5.41, 5.74) is 8.84. The highest BCUT2D eigenvalue weighted by molar-refractivity contribution is 5.66. The molecule has 0 aliphatic carbocycles. The molecule has 0 aliphatic rings. The number of benzene rings is 2. The molecule has 88 valence electrons. The van der Waals surface area contributed by atoms with Crippen LogP contribution in [0.15, 0.2) is 42.5 Å². The van der Waals surface area contributed by atoms with Gasteiger partial charge in [-0.15, -0.1) is 0 Å². The van der Waals surface area contributed by atoms with Crippen LogP contribution in [0.4, 0.5) is 10.1 Å². The molecule has 0 aliphatic heterocycles. The summed E-state index contributed by atoms with van der Waals surface area (Å²) in [5, 5.41) is 0. The van der Waals surface area contributed by atoms with Gasteiger partial charge in [-0.3, -0.25) is 0 Å². The van der Waals surface area contributed by atoms with E-state index in [2.05, 4.69) is 19.1 Å². The van der Waals surface area contributed by atoms with Gasteiger partial charge in [0.15, 0.2) is 0 Å². The average Bonchev–Trinajstić information content (AvgIpc) is 2.34. The van der Waals surface area contributed by atoms with Crippen molar-refractivity contribution in [3.63, 3.8) is 0 Å². The Morgan fingerprint density at radius 2 is 1.65 bits per heavy atom. The number of aryl methyl sites for hydroxylation is 1. The van der Waals surface area contributed by atoms with Crippen LogP contribution in [0.1, 0.15) is 18.9 Å². The Labute approximate surface area is 101 Å². The van der Waals surface area contributed by atoms with Gasteiger partial charge in [0.1, 0.15) is 5.82 Å². The Balaban J connectivity index is 2.30. The summed E-state index contributed by atoms with van der Waals surface area (Å²) in [6.45, 7) is 2.16. The third kappa shape index (κ3) is 2.64. The van der Waals surface area contributed by atoms with E-state index in [1.807, 2.05) is 18.2 Å². The highest BCUT2D eigenvalue weighted by atomic mass is 19.1. The number of hydrogen-bond donors (Lipinski definition) is 1. The Hall–Kier alpha value is -1.83. The molecule has 2 N–H and O–H groups in total. The predicted octanol–water partition coefficient (Wildman–Crippen LogP) is 4.03. The summed E-state index contributed by atoms with van der Waals surface area (Å²) in [6.07, 6.45) is 2.21. The lowest BCUT2D eigenvalue weighted by Crippen LogP contribution is -1.90. The van der Waals surface area contributed by atoms with Crippen molar-refractivity contribution in [1.29, 1.82) is 0 Å². The molecule has 0 bridgehead atoms. The third-order valence-corrected chi connectivity index (χ3v) is 2.83. The first-order valence-corrected chi connectivity index (χ1v) is 5.85. The maximum absolute atomic E-state index is 13.3. The number of rotatable bonds is 3. The van der Waals surface area contributed by atoms with Crippen molar-refractivity contribution in [2.24, 2.45) is 0 Å². The van der Waals surface area contributed by atoms with Crippen LogP contribution in [0.25, 0.3) is 11.1 Å². The van der Waals surface area contributed by atoms with E-state index in [0.29, 0.717) is 0 Å². The van der Waals surface area contributed by atoms with Gasteiger partial charge < -0.3 is 5.73 Å². The van der Waals surface area contributed by atoms with Crippen molar-refractivity contribution >= 4 is 5.69 Å². The number of halogens is 1. The zero-order valence-electron chi connectivity index (χ0n) is 9.91. The second kappa shape index (κ2) is 5.00. The molecule has 2 rings (SSSR count). The van der Waals surface area contributed by atoms with Crippen LogP contribution in [0, 0.1) is 5.82 Å². The van der Waals surface area contributed by atoms with E-state index in [9.17, 15) is 4.39 Å². The standard InChI is InChI=1S/C15H16FN/c1-2-3-11-4-6-12(7-5-11)13-8-9-15(17)14(16)10-13/h4-10H,2-3,17H2,1H3. The molecule has 0 saturated heterocycles. The molecule has 0 amide bonds. The van der Waals surface area contributed by atoms with E-state index in [-0.39, 0.29) is 11.5 Å². The highest BCUT2D eigenvalue weighted by Gasteiger charge is 2.02. The van der Waals surface area contributed by atoms with Crippen LogP contribution in [0.2, 0.25) is 0 Å². The lowest BCUT2D eigenvalue weighted by molar-refractivity contribution is 0.633. The van der Waals surface area contributed by atoms with Gasteiger partial charge in [-0.1, -0.05) is 43.7 Å². The van der Waals surface area contributed by atoms with E-state index < -0.39 is 0 Å². The van der Waals surface area contributed by atoms with Crippen LogP contribution in [-0.2, 0) is 6.42 Å². The van der Waals surface area contributed by atoms with Crippen LogP contribution < -0.4 is 5.73 Å². The maximum atomic E-state index is 13.3. The zero-order valence-corrected chi connectivity index (χ0v) is 9.91. The minimum absolute atomic E-state index is 0.191. The molecule has 0 saturated carbocycles. The SMILES string of the molecule is CCCc1ccc(-c2ccc(N)c(F)c2)cc1. The number of anilines is 1. The average molecular weight is 229 g/mol. The van der Waals surface area contributed by atoms with Crippen molar-refractivity contribution in [2.75, 3.05) is 5.73 Å². The largest absolute Gasteiger partial charge is 0.396 e. The zero-order chi connectivity index (χ0) is 12.3. The first-order chi connectivity index (χ1) is 8.20. The Morgan fingerprint density at radius 1 is 1.00 bits per heavy atom. The van der Waals surface area contributed by atoms with Gasteiger partial charge in [-0.2, -0.15) is 0 Å². The Bertz CT molecular complexity index is 503. The van der Waals surface area contributed by atoms with E-state index in [4.69, 9.17) is 5.73 Å². The molecule has 0 spiro atoms. The minimum Gasteiger partial charge on any atom is -0.396 e. The number of hydrogen-bond acceptors (Lipinski definition) is 1. The molecule has 2 heteroatoms. The van der Waals surface area contributed by atoms with Gasteiger partial charge in [0.25, 0.3) is 0 Å². The fraction of sp³-hybridized carbons (Fsp3) is 0.200. The van der Waals surface area contributed by atoms with Crippen molar-refractivity contribution in [1.82, 2.24) is 0 Å². The van der Waals surface area contributed by atoms with Gasteiger partial charge in [-0.05, 0) is 35.2 Å². The molecule has 0 unspecified atom stereocenters.